The van der Waals surface area contributed by atoms with Crippen LogP contribution in [0, 0.1) is 0 Å². The van der Waals surface area contributed by atoms with Crippen molar-refractivity contribution in [2.24, 2.45) is 0 Å². The van der Waals surface area contributed by atoms with E-state index in [0.29, 0.717) is 35.1 Å². The molecule has 388 valence electrons. The van der Waals surface area contributed by atoms with Gasteiger partial charge in [-0.05, 0) is 40.7 Å². The van der Waals surface area contributed by atoms with Gasteiger partial charge in [0.1, 0.15) is 48.8 Å². The molecule has 0 aliphatic carbocycles. The zero-order valence-corrected chi connectivity index (χ0v) is 41.6. The van der Waals surface area contributed by atoms with Crippen molar-refractivity contribution < 1.29 is 67.1 Å². The molecule has 5 aromatic rings. The number of unbranched alkanes of at least 4 members (excludes halogenated alkanes) is 5. The largest absolute Gasteiger partial charge is 0.469 e. The normalized spacial score (nSPS) is 26.8. The van der Waals surface area contributed by atoms with Crippen LogP contribution in [0.2, 0.25) is 0 Å². The van der Waals surface area contributed by atoms with E-state index in [4.69, 9.17) is 58.2 Å². The van der Waals surface area contributed by atoms with E-state index in [1.807, 2.05) is 103 Å². The van der Waals surface area contributed by atoms with Crippen LogP contribution in [0.1, 0.15) is 78.2 Å². The first kappa shape index (κ1) is 49.3. The molecular formula is C59H74O13. The van der Waals surface area contributed by atoms with Crippen molar-refractivity contribution in [2.75, 3.05) is 41.2 Å². The van der Waals surface area contributed by atoms with E-state index < -0.39 is 87.7 Å². The maximum Gasteiger partial charge on any atom is 0.305 e. The summed E-state index contributed by atoms with van der Waals surface area (Å²) in [5, 5.41) is 0. The SMILES string of the molecule is [2H]C(OC[C@H]1OC(O[C@H]2[C@@H](OCCCCCCCCC(=O)OC)O[C@H](COC)[C@@H](OC)[C@@H]2OCc2ccccc2)[C@H](OC([2H])c2ccccc2)[C@@H](OC([2H])c2ccccc2)[C@@H]1OC([2H])c1ccccc1)c1ccccc1. The molecule has 14 atom stereocenters. The van der Waals surface area contributed by atoms with Crippen LogP contribution in [0.25, 0.3) is 0 Å². The fourth-order valence-electron chi connectivity index (χ4n) is 8.65. The lowest BCUT2D eigenvalue weighted by Gasteiger charge is -2.50. The Labute approximate surface area is 431 Å². The molecule has 0 aromatic heterocycles. The summed E-state index contributed by atoms with van der Waals surface area (Å²) in [7, 11) is 4.55. The van der Waals surface area contributed by atoms with Crippen molar-refractivity contribution in [3.05, 3.63) is 179 Å². The Morgan fingerprint density at radius 3 is 1.46 bits per heavy atom. The Kier molecular flexibility index (Phi) is 21.2. The smallest absolute Gasteiger partial charge is 0.305 e. The highest BCUT2D eigenvalue weighted by Gasteiger charge is 2.54. The highest BCUT2D eigenvalue weighted by molar-refractivity contribution is 5.68. The van der Waals surface area contributed by atoms with Gasteiger partial charge in [-0.3, -0.25) is 4.79 Å². The molecule has 0 spiro atoms. The predicted octanol–water partition coefficient (Wildman–Crippen LogP) is 9.96. The number of hydrogen-bond acceptors (Lipinski definition) is 13. The van der Waals surface area contributed by atoms with Crippen LogP contribution in [0.4, 0.5) is 0 Å². The maximum absolute atomic E-state index is 11.6. The fraction of sp³-hybridized carbons (Fsp3) is 0.475. The first-order chi connectivity index (χ1) is 37.2. The Morgan fingerprint density at radius 1 is 0.458 bits per heavy atom. The molecule has 5 unspecified atom stereocenters. The monoisotopic (exact) mass is 995 g/mol. The van der Waals surface area contributed by atoms with E-state index in [1.54, 1.807) is 62.8 Å². The molecule has 72 heavy (non-hydrogen) atoms. The van der Waals surface area contributed by atoms with Crippen molar-refractivity contribution in [3.63, 3.8) is 0 Å². The van der Waals surface area contributed by atoms with Crippen LogP contribution in [-0.4, -0.2) is 109 Å². The van der Waals surface area contributed by atoms with E-state index in [2.05, 4.69) is 0 Å². The number of carbonyl (C=O) groups excluding carboxylic acids is 1. The molecular weight excluding hydrogens is 917 g/mol. The van der Waals surface area contributed by atoms with Crippen LogP contribution < -0.4 is 0 Å². The molecule has 2 heterocycles. The highest BCUT2D eigenvalue weighted by Crippen LogP contribution is 2.36. The second kappa shape index (κ2) is 31.0. The summed E-state index contributed by atoms with van der Waals surface area (Å²) < 4.78 is 116. The van der Waals surface area contributed by atoms with Gasteiger partial charge >= 0.3 is 5.97 Å². The molecule has 7 rings (SSSR count). The average Bonchev–Trinajstić information content (AvgIpc) is 3.47. The summed E-state index contributed by atoms with van der Waals surface area (Å²) in [4.78, 5) is 11.6. The number of ether oxygens (including phenoxy) is 12. The van der Waals surface area contributed by atoms with Gasteiger partial charge in [0.2, 0.25) is 0 Å². The van der Waals surface area contributed by atoms with Crippen LogP contribution in [0.5, 0.6) is 0 Å². The van der Waals surface area contributed by atoms with E-state index in [1.165, 1.54) is 7.11 Å². The van der Waals surface area contributed by atoms with Crippen LogP contribution in [0.15, 0.2) is 152 Å². The van der Waals surface area contributed by atoms with E-state index in [9.17, 15) is 8.91 Å². The molecule has 2 saturated heterocycles. The minimum absolute atomic E-state index is 0.134. The van der Waals surface area contributed by atoms with Gasteiger partial charge in [-0.1, -0.05) is 177 Å². The first-order valence-electron chi connectivity index (χ1n) is 27.3. The van der Waals surface area contributed by atoms with Gasteiger partial charge in [-0.25, -0.2) is 0 Å². The molecule has 0 saturated carbocycles. The molecule has 0 amide bonds. The van der Waals surface area contributed by atoms with Crippen molar-refractivity contribution in [3.8, 4) is 0 Å². The minimum Gasteiger partial charge on any atom is -0.469 e. The Balaban J connectivity index is 1.28. The predicted molar refractivity (Wildman–Crippen MR) is 271 cm³/mol. The van der Waals surface area contributed by atoms with Crippen LogP contribution >= 0.6 is 0 Å². The second-order valence-corrected chi connectivity index (χ2v) is 17.7. The van der Waals surface area contributed by atoms with Gasteiger partial charge in [0.05, 0.1) is 58.7 Å². The lowest BCUT2D eigenvalue weighted by Crippen LogP contribution is -2.66. The zero-order valence-electron chi connectivity index (χ0n) is 45.6. The Morgan fingerprint density at radius 2 is 0.917 bits per heavy atom. The third-order valence-corrected chi connectivity index (χ3v) is 12.4. The van der Waals surface area contributed by atoms with Crippen LogP contribution in [-0.2, 0) is 94.6 Å². The number of carbonyl (C=O) groups is 1. The summed E-state index contributed by atoms with van der Waals surface area (Å²) in [5.74, 6) is -0.208. The highest BCUT2D eigenvalue weighted by atomic mass is 16.8. The van der Waals surface area contributed by atoms with Crippen molar-refractivity contribution in [1.82, 2.24) is 0 Å². The number of esters is 1. The zero-order chi connectivity index (χ0) is 53.5. The first-order valence-corrected chi connectivity index (χ1v) is 25.0. The third kappa shape index (κ3) is 17.4. The average molecular weight is 995 g/mol. The van der Waals surface area contributed by atoms with E-state index in [0.717, 1.165) is 37.7 Å². The molecule has 0 radical (unpaired) electrons. The van der Waals surface area contributed by atoms with Gasteiger partial charge in [-0.2, -0.15) is 0 Å². The maximum atomic E-state index is 11.6. The van der Waals surface area contributed by atoms with E-state index in [-0.39, 0.29) is 32.4 Å². The minimum atomic E-state index is -1.45. The molecule has 2 fully saturated rings. The van der Waals surface area contributed by atoms with Crippen LogP contribution in [0.3, 0.4) is 0 Å². The second-order valence-electron chi connectivity index (χ2n) is 17.7. The fourth-order valence-corrected chi connectivity index (χ4v) is 8.65. The lowest BCUT2D eigenvalue weighted by molar-refractivity contribution is -0.382. The molecule has 13 nitrogen and oxygen atoms in total. The standard InChI is InChI=1S/C59H74O13/c1-61-42-49-52(63-3)54(67-39-46-29-17-10-18-30-46)57(58(70-49)65-36-24-7-5-4-6-23-35-51(60)62-2)72-59-56(69-41-48-33-21-12-22-34-48)55(68-40-47-31-19-11-20-32-47)53(66-38-45-27-15-9-16-28-45)50(71-59)43-64-37-44-25-13-8-14-26-44/h8-22,25-34,49-50,52-59H,4-7,23-24,35-43H2,1-3H3/t49-,50-,52-,53-,54+,55+,56-,57-,58+,59?/m1/s1/i37D,38D,40D,41D/t37?,38?,40?,41?,49-,50-,52-,53-,54+,55+,56-,57-,58+,59?. The molecule has 5 aromatic carbocycles. The van der Waals surface area contributed by atoms with Crippen molar-refractivity contribution >= 4 is 5.97 Å². The number of benzene rings is 5. The topological polar surface area (TPSA) is 128 Å². The number of hydrogen-bond donors (Lipinski definition) is 0. The summed E-state index contributed by atoms with van der Waals surface area (Å²) in [5.41, 5.74) is 3.08. The van der Waals surface area contributed by atoms with Crippen molar-refractivity contribution in [1.29, 1.82) is 0 Å². The van der Waals surface area contributed by atoms with Gasteiger partial charge in [-0.15, -0.1) is 0 Å². The number of methoxy groups -OCH3 is 3. The van der Waals surface area contributed by atoms with Gasteiger partial charge < -0.3 is 56.8 Å². The number of rotatable bonds is 31. The van der Waals surface area contributed by atoms with Gasteiger partial charge in [0, 0.05) is 27.2 Å². The summed E-state index contributed by atoms with van der Waals surface area (Å²) >= 11 is 0. The Hall–Kier alpha value is -4.87. The molecule has 2 aliphatic heterocycles. The molecule has 2 aliphatic rings. The lowest BCUT2D eigenvalue weighted by atomic mass is 9.96. The summed E-state index contributed by atoms with van der Waals surface area (Å²) in [6.45, 7) is -4.78. The van der Waals surface area contributed by atoms with E-state index >= 15 is 0 Å². The molecule has 0 N–H and O–H groups in total. The van der Waals surface area contributed by atoms with Crippen molar-refractivity contribution in [2.45, 2.75) is 139 Å². The summed E-state index contributed by atoms with van der Waals surface area (Å²) in [6, 6.07) is 45.9. The Bertz CT molecular complexity index is 2350. The quantitative estimate of drug-likeness (QED) is 0.0309. The summed E-state index contributed by atoms with van der Waals surface area (Å²) in [6.07, 6.45) is -5.49. The molecule has 0 bridgehead atoms. The molecule has 13 heteroatoms. The third-order valence-electron chi connectivity index (χ3n) is 12.4. The van der Waals surface area contributed by atoms with Gasteiger partial charge in [0.25, 0.3) is 0 Å². The van der Waals surface area contributed by atoms with Gasteiger partial charge in [0.15, 0.2) is 12.6 Å².